The van der Waals surface area contributed by atoms with Crippen LogP contribution in [0.2, 0.25) is 10.0 Å². The van der Waals surface area contributed by atoms with Gasteiger partial charge in [0.1, 0.15) is 4.90 Å². The summed E-state index contributed by atoms with van der Waals surface area (Å²) < 4.78 is 27.2. The molecule has 1 aromatic carbocycles. The summed E-state index contributed by atoms with van der Waals surface area (Å²) in [6, 6.07) is 4.42. The van der Waals surface area contributed by atoms with Crippen molar-refractivity contribution in [2.24, 2.45) is 11.8 Å². The molecule has 0 aromatic heterocycles. The van der Waals surface area contributed by atoms with Gasteiger partial charge < -0.3 is 5.32 Å². The third-order valence-corrected chi connectivity index (χ3v) is 8.38. The van der Waals surface area contributed by atoms with Gasteiger partial charge in [-0.2, -0.15) is 4.31 Å². The average Bonchev–Trinajstić information content (AvgIpc) is 3.09. The van der Waals surface area contributed by atoms with Crippen molar-refractivity contribution < 1.29 is 13.2 Å². The number of nitrogens with zero attached hydrogens (tertiary/aromatic N) is 1. The van der Waals surface area contributed by atoms with E-state index in [1.807, 2.05) is 0 Å². The third-order valence-electron chi connectivity index (χ3n) is 5.80. The van der Waals surface area contributed by atoms with Crippen LogP contribution in [0.15, 0.2) is 23.1 Å². The number of carbonyl (C=O) groups excluding carboxylic acids is 1. The SMILES string of the molecule is O=C(NCC1CCN(S(=O)(=O)c2ccc(Cl)cc2Cl)C1)C1CCCCCCC1. The van der Waals surface area contributed by atoms with Crippen LogP contribution in [0.3, 0.4) is 0 Å². The Kier molecular flexibility index (Phi) is 7.65. The zero-order valence-electron chi connectivity index (χ0n) is 16.0. The monoisotopic (exact) mass is 446 g/mol. The fourth-order valence-electron chi connectivity index (χ4n) is 4.11. The van der Waals surface area contributed by atoms with Crippen LogP contribution in [0.4, 0.5) is 0 Å². The lowest BCUT2D eigenvalue weighted by atomic mass is 9.90. The lowest BCUT2D eigenvalue weighted by Gasteiger charge is -2.21. The minimum atomic E-state index is -3.66. The minimum Gasteiger partial charge on any atom is -0.356 e. The first-order chi connectivity index (χ1) is 13.4. The van der Waals surface area contributed by atoms with Gasteiger partial charge in [0, 0.05) is 30.6 Å². The fraction of sp³-hybridized carbons (Fsp3) is 0.650. The molecule has 1 atom stereocenters. The number of sulfonamides is 1. The molecule has 1 amide bonds. The Morgan fingerprint density at radius 3 is 2.43 bits per heavy atom. The van der Waals surface area contributed by atoms with Gasteiger partial charge >= 0.3 is 0 Å². The van der Waals surface area contributed by atoms with Crippen molar-refractivity contribution in [2.75, 3.05) is 19.6 Å². The molecule has 28 heavy (non-hydrogen) atoms. The Morgan fingerprint density at radius 2 is 1.75 bits per heavy atom. The number of benzene rings is 1. The van der Waals surface area contributed by atoms with E-state index in [0.29, 0.717) is 24.7 Å². The van der Waals surface area contributed by atoms with Crippen molar-refractivity contribution in [3.8, 4) is 0 Å². The Bertz CT molecular complexity index is 793. The maximum atomic E-state index is 12.9. The number of carbonyl (C=O) groups is 1. The molecular weight excluding hydrogens is 419 g/mol. The molecule has 2 aliphatic rings. The molecule has 1 unspecified atom stereocenters. The van der Waals surface area contributed by atoms with E-state index in [1.54, 1.807) is 0 Å². The van der Waals surface area contributed by atoms with Crippen molar-refractivity contribution in [1.82, 2.24) is 9.62 Å². The average molecular weight is 447 g/mol. The normalized spacial score (nSPS) is 22.6. The van der Waals surface area contributed by atoms with E-state index in [9.17, 15) is 13.2 Å². The van der Waals surface area contributed by atoms with Crippen LogP contribution in [0.5, 0.6) is 0 Å². The highest BCUT2D eigenvalue weighted by molar-refractivity contribution is 7.89. The largest absolute Gasteiger partial charge is 0.356 e. The maximum absolute atomic E-state index is 12.9. The highest BCUT2D eigenvalue weighted by Gasteiger charge is 2.34. The van der Waals surface area contributed by atoms with Crippen LogP contribution >= 0.6 is 23.2 Å². The van der Waals surface area contributed by atoms with Crippen LogP contribution in [0.25, 0.3) is 0 Å². The van der Waals surface area contributed by atoms with Gasteiger partial charge in [0.2, 0.25) is 15.9 Å². The van der Waals surface area contributed by atoms with Gasteiger partial charge in [0.05, 0.1) is 5.02 Å². The van der Waals surface area contributed by atoms with E-state index < -0.39 is 10.0 Å². The number of hydrogen-bond acceptors (Lipinski definition) is 3. The molecular formula is C20H28Cl2N2O3S. The molecule has 1 aromatic rings. The Hall–Kier alpha value is -0.820. The van der Waals surface area contributed by atoms with Crippen LogP contribution in [-0.2, 0) is 14.8 Å². The number of nitrogens with one attached hydrogen (secondary N) is 1. The second-order valence-corrected chi connectivity index (χ2v) is 10.6. The first-order valence-corrected chi connectivity index (χ1v) is 12.3. The maximum Gasteiger partial charge on any atom is 0.244 e. The van der Waals surface area contributed by atoms with Gasteiger partial charge in [0.15, 0.2) is 0 Å². The Morgan fingerprint density at radius 1 is 1.07 bits per heavy atom. The van der Waals surface area contributed by atoms with Gasteiger partial charge in [-0.3, -0.25) is 4.79 Å². The molecule has 0 spiro atoms. The number of amides is 1. The predicted octanol–water partition coefficient (Wildman–Crippen LogP) is 4.48. The predicted molar refractivity (Wildman–Crippen MR) is 112 cm³/mol. The smallest absolute Gasteiger partial charge is 0.244 e. The lowest BCUT2D eigenvalue weighted by molar-refractivity contribution is -0.125. The van der Waals surface area contributed by atoms with Gasteiger partial charge in [-0.1, -0.05) is 55.3 Å². The summed E-state index contributed by atoms with van der Waals surface area (Å²) in [5.41, 5.74) is 0. The number of halogens is 2. The summed E-state index contributed by atoms with van der Waals surface area (Å²) in [5.74, 6) is 0.358. The molecule has 1 saturated carbocycles. The highest BCUT2D eigenvalue weighted by Crippen LogP contribution is 2.30. The Balaban J connectivity index is 1.54. The number of hydrogen-bond donors (Lipinski definition) is 1. The molecule has 0 bridgehead atoms. The van der Waals surface area contributed by atoms with Crippen LogP contribution in [-0.4, -0.2) is 38.3 Å². The van der Waals surface area contributed by atoms with Crippen LogP contribution < -0.4 is 5.32 Å². The van der Waals surface area contributed by atoms with Gasteiger partial charge in [-0.15, -0.1) is 0 Å². The molecule has 1 heterocycles. The van der Waals surface area contributed by atoms with E-state index in [-0.39, 0.29) is 27.7 Å². The molecule has 156 valence electrons. The number of rotatable bonds is 5. The molecule has 1 N–H and O–H groups in total. The fourth-order valence-corrected chi connectivity index (χ4v) is 6.39. The third kappa shape index (κ3) is 5.41. The summed E-state index contributed by atoms with van der Waals surface area (Å²) >= 11 is 12.0. The summed E-state index contributed by atoms with van der Waals surface area (Å²) in [4.78, 5) is 12.6. The second kappa shape index (κ2) is 9.79. The quantitative estimate of drug-likeness (QED) is 0.724. The zero-order chi connectivity index (χ0) is 20.1. The molecule has 1 aliphatic carbocycles. The lowest BCUT2D eigenvalue weighted by Crippen LogP contribution is -2.36. The second-order valence-electron chi connectivity index (χ2n) is 7.88. The van der Waals surface area contributed by atoms with Crippen molar-refractivity contribution >= 4 is 39.1 Å². The van der Waals surface area contributed by atoms with E-state index in [0.717, 1.165) is 32.1 Å². The van der Waals surface area contributed by atoms with Crippen molar-refractivity contribution in [3.63, 3.8) is 0 Å². The van der Waals surface area contributed by atoms with Crippen molar-refractivity contribution in [2.45, 2.75) is 56.3 Å². The van der Waals surface area contributed by atoms with Gasteiger partial charge in [-0.05, 0) is 43.4 Å². The summed E-state index contributed by atoms with van der Waals surface area (Å²) in [7, 11) is -3.66. The molecule has 1 saturated heterocycles. The molecule has 3 rings (SSSR count). The zero-order valence-corrected chi connectivity index (χ0v) is 18.3. The molecule has 1 aliphatic heterocycles. The highest BCUT2D eigenvalue weighted by atomic mass is 35.5. The van der Waals surface area contributed by atoms with Crippen molar-refractivity contribution in [1.29, 1.82) is 0 Å². The van der Waals surface area contributed by atoms with Gasteiger partial charge in [-0.25, -0.2) is 8.42 Å². The minimum absolute atomic E-state index is 0.0813. The van der Waals surface area contributed by atoms with E-state index in [2.05, 4.69) is 5.32 Å². The Labute approximate surface area is 177 Å². The molecule has 2 fully saturated rings. The molecule has 0 radical (unpaired) electrons. The molecule has 5 nitrogen and oxygen atoms in total. The first-order valence-electron chi connectivity index (χ1n) is 10.1. The summed E-state index contributed by atoms with van der Waals surface area (Å²) in [6.07, 6.45) is 8.61. The van der Waals surface area contributed by atoms with Gasteiger partial charge in [0.25, 0.3) is 0 Å². The summed E-state index contributed by atoms with van der Waals surface area (Å²) in [6.45, 7) is 1.35. The van der Waals surface area contributed by atoms with E-state index >= 15 is 0 Å². The molecule has 8 heteroatoms. The van der Waals surface area contributed by atoms with E-state index in [1.165, 1.54) is 41.8 Å². The van der Waals surface area contributed by atoms with Crippen molar-refractivity contribution in [3.05, 3.63) is 28.2 Å². The summed E-state index contributed by atoms with van der Waals surface area (Å²) in [5, 5.41) is 3.61. The van der Waals surface area contributed by atoms with E-state index in [4.69, 9.17) is 23.2 Å². The topological polar surface area (TPSA) is 66.5 Å². The van der Waals surface area contributed by atoms with Crippen LogP contribution in [0.1, 0.15) is 51.4 Å². The standard InChI is InChI=1S/C20H28Cl2N2O3S/c21-17-8-9-19(18(22)12-17)28(26,27)24-11-10-15(14-24)13-23-20(25)16-6-4-2-1-3-5-7-16/h8-9,12,15-16H,1-7,10-11,13-14H2,(H,23,25). The van der Waals surface area contributed by atoms with Crippen LogP contribution in [0, 0.1) is 11.8 Å². The first kappa shape index (κ1) is 21.9.